The van der Waals surface area contributed by atoms with E-state index in [2.05, 4.69) is 29.2 Å². The van der Waals surface area contributed by atoms with Crippen LogP contribution in [0.25, 0.3) is 0 Å². The van der Waals surface area contributed by atoms with E-state index in [1.165, 1.54) is 6.33 Å². The van der Waals surface area contributed by atoms with E-state index < -0.39 is 0 Å². The lowest BCUT2D eigenvalue weighted by Gasteiger charge is -2.14. The molecule has 0 bridgehead atoms. The van der Waals surface area contributed by atoms with Crippen LogP contribution in [0.2, 0.25) is 0 Å². The molecule has 0 saturated heterocycles. The summed E-state index contributed by atoms with van der Waals surface area (Å²) < 4.78 is 1.66. The molecular weight excluding hydrogens is 192 g/mol. The second kappa shape index (κ2) is 6.16. The molecule has 1 heterocycles. The Bertz CT molecular complexity index is 280. The van der Waals surface area contributed by atoms with Gasteiger partial charge in [-0.05, 0) is 12.8 Å². The highest BCUT2D eigenvalue weighted by Crippen LogP contribution is 1.97. The van der Waals surface area contributed by atoms with Crippen molar-refractivity contribution in [3.8, 4) is 0 Å². The summed E-state index contributed by atoms with van der Waals surface area (Å²) in [5, 5.41) is 6.91. The topological polar surface area (TPSA) is 59.8 Å². The van der Waals surface area contributed by atoms with E-state index >= 15 is 0 Å². The van der Waals surface area contributed by atoms with Crippen LogP contribution >= 0.6 is 0 Å². The van der Waals surface area contributed by atoms with Crippen LogP contribution in [-0.4, -0.2) is 26.7 Å². The number of aryl methyl sites for hydroxylation is 1. The Hall–Kier alpha value is -1.39. The Balaban J connectivity index is 2.24. The van der Waals surface area contributed by atoms with Crippen LogP contribution in [0.3, 0.4) is 0 Å². The van der Waals surface area contributed by atoms with Crippen LogP contribution in [0.1, 0.15) is 33.1 Å². The molecule has 0 saturated carbocycles. The van der Waals surface area contributed by atoms with Crippen molar-refractivity contribution in [2.45, 2.75) is 45.7 Å². The van der Waals surface area contributed by atoms with E-state index in [1.807, 2.05) is 0 Å². The third-order valence-electron chi connectivity index (χ3n) is 2.39. The molecule has 0 atom stereocenters. The standard InChI is InChI=1S/C10H18N4O/c1-3-9(4-2)13-10(15)5-6-14-8-11-7-12-14/h7-9H,3-6H2,1-2H3,(H,13,15). The van der Waals surface area contributed by atoms with E-state index in [0.29, 0.717) is 19.0 Å². The minimum absolute atomic E-state index is 0.0826. The van der Waals surface area contributed by atoms with Crippen LogP contribution in [0.15, 0.2) is 12.7 Å². The Labute approximate surface area is 89.9 Å². The largest absolute Gasteiger partial charge is 0.353 e. The molecule has 5 nitrogen and oxygen atoms in total. The van der Waals surface area contributed by atoms with Gasteiger partial charge >= 0.3 is 0 Å². The summed E-state index contributed by atoms with van der Waals surface area (Å²) in [5.74, 6) is 0.0826. The molecule has 0 aliphatic carbocycles. The maximum Gasteiger partial charge on any atom is 0.222 e. The average Bonchev–Trinajstić information content (AvgIpc) is 2.75. The van der Waals surface area contributed by atoms with Crippen molar-refractivity contribution in [1.82, 2.24) is 20.1 Å². The van der Waals surface area contributed by atoms with Crippen molar-refractivity contribution < 1.29 is 4.79 Å². The summed E-state index contributed by atoms with van der Waals surface area (Å²) in [5.41, 5.74) is 0. The first-order valence-corrected chi connectivity index (χ1v) is 5.38. The number of carbonyl (C=O) groups excluding carboxylic acids is 1. The number of nitrogens with one attached hydrogen (secondary N) is 1. The van der Waals surface area contributed by atoms with Crippen molar-refractivity contribution >= 4 is 5.91 Å². The van der Waals surface area contributed by atoms with E-state index in [0.717, 1.165) is 12.8 Å². The van der Waals surface area contributed by atoms with E-state index in [-0.39, 0.29) is 5.91 Å². The fourth-order valence-corrected chi connectivity index (χ4v) is 1.36. The van der Waals surface area contributed by atoms with E-state index in [4.69, 9.17) is 0 Å². The van der Waals surface area contributed by atoms with Gasteiger partial charge in [-0.3, -0.25) is 9.48 Å². The molecule has 0 aliphatic heterocycles. The molecule has 0 spiro atoms. The molecule has 1 rings (SSSR count). The van der Waals surface area contributed by atoms with Crippen LogP contribution in [0.5, 0.6) is 0 Å². The number of carbonyl (C=O) groups is 1. The van der Waals surface area contributed by atoms with Gasteiger partial charge in [-0.1, -0.05) is 13.8 Å². The molecule has 1 N–H and O–H groups in total. The second-order valence-electron chi connectivity index (χ2n) is 3.49. The van der Waals surface area contributed by atoms with E-state index in [9.17, 15) is 4.79 Å². The van der Waals surface area contributed by atoms with Gasteiger partial charge in [-0.15, -0.1) is 0 Å². The summed E-state index contributed by atoms with van der Waals surface area (Å²) in [4.78, 5) is 15.3. The highest BCUT2D eigenvalue weighted by Gasteiger charge is 2.07. The minimum atomic E-state index is 0.0826. The Morgan fingerprint density at radius 2 is 2.20 bits per heavy atom. The maximum absolute atomic E-state index is 11.5. The van der Waals surface area contributed by atoms with Gasteiger partial charge in [0.05, 0.1) is 6.54 Å². The summed E-state index contributed by atoms with van der Waals surface area (Å²) in [7, 11) is 0. The SMILES string of the molecule is CCC(CC)NC(=O)CCn1cncn1. The van der Waals surface area contributed by atoms with Crippen molar-refractivity contribution in [2.75, 3.05) is 0 Å². The molecule has 0 fully saturated rings. The van der Waals surface area contributed by atoms with Gasteiger partial charge in [0.15, 0.2) is 0 Å². The van der Waals surface area contributed by atoms with Gasteiger partial charge < -0.3 is 5.32 Å². The first kappa shape index (κ1) is 11.7. The zero-order valence-corrected chi connectivity index (χ0v) is 9.31. The zero-order chi connectivity index (χ0) is 11.1. The fraction of sp³-hybridized carbons (Fsp3) is 0.700. The molecule has 0 aliphatic rings. The molecule has 0 radical (unpaired) electrons. The average molecular weight is 210 g/mol. The molecular formula is C10H18N4O. The fourth-order valence-electron chi connectivity index (χ4n) is 1.36. The quantitative estimate of drug-likeness (QED) is 0.761. The predicted molar refractivity (Wildman–Crippen MR) is 57.2 cm³/mol. The highest BCUT2D eigenvalue weighted by molar-refractivity contribution is 5.76. The summed E-state index contributed by atoms with van der Waals surface area (Å²) in [6.07, 6.45) is 5.50. The zero-order valence-electron chi connectivity index (χ0n) is 9.31. The van der Waals surface area contributed by atoms with Gasteiger partial charge in [0.2, 0.25) is 5.91 Å². The lowest BCUT2D eigenvalue weighted by atomic mass is 10.1. The van der Waals surface area contributed by atoms with Gasteiger partial charge in [0.1, 0.15) is 12.7 Å². The Morgan fingerprint density at radius 3 is 2.73 bits per heavy atom. The Morgan fingerprint density at radius 1 is 1.47 bits per heavy atom. The molecule has 84 valence electrons. The van der Waals surface area contributed by atoms with Crippen molar-refractivity contribution in [3.63, 3.8) is 0 Å². The normalized spacial score (nSPS) is 10.6. The number of aromatic nitrogens is 3. The number of hydrogen-bond donors (Lipinski definition) is 1. The summed E-state index contributed by atoms with van der Waals surface area (Å²) in [6, 6.07) is 0.299. The van der Waals surface area contributed by atoms with Crippen LogP contribution in [0, 0.1) is 0 Å². The monoisotopic (exact) mass is 210 g/mol. The second-order valence-corrected chi connectivity index (χ2v) is 3.49. The number of nitrogens with zero attached hydrogens (tertiary/aromatic N) is 3. The number of rotatable bonds is 6. The lowest BCUT2D eigenvalue weighted by Crippen LogP contribution is -2.34. The third-order valence-corrected chi connectivity index (χ3v) is 2.39. The molecule has 1 aromatic rings. The van der Waals surface area contributed by atoms with Crippen molar-refractivity contribution in [3.05, 3.63) is 12.7 Å². The Kier molecular flexibility index (Phi) is 4.80. The van der Waals surface area contributed by atoms with Crippen molar-refractivity contribution in [2.24, 2.45) is 0 Å². The smallest absolute Gasteiger partial charge is 0.222 e. The molecule has 0 aromatic carbocycles. The molecule has 0 unspecified atom stereocenters. The van der Waals surface area contributed by atoms with Gasteiger partial charge in [-0.2, -0.15) is 5.10 Å². The molecule has 15 heavy (non-hydrogen) atoms. The highest BCUT2D eigenvalue weighted by atomic mass is 16.1. The maximum atomic E-state index is 11.5. The van der Waals surface area contributed by atoms with Gasteiger partial charge in [0, 0.05) is 12.5 Å². The van der Waals surface area contributed by atoms with E-state index in [1.54, 1.807) is 11.0 Å². The van der Waals surface area contributed by atoms with Crippen LogP contribution in [0.4, 0.5) is 0 Å². The lowest BCUT2D eigenvalue weighted by molar-refractivity contribution is -0.122. The first-order valence-electron chi connectivity index (χ1n) is 5.38. The number of hydrogen-bond acceptors (Lipinski definition) is 3. The molecule has 5 heteroatoms. The van der Waals surface area contributed by atoms with Crippen molar-refractivity contribution in [1.29, 1.82) is 0 Å². The van der Waals surface area contributed by atoms with Crippen LogP contribution in [-0.2, 0) is 11.3 Å². The van der Waals surface area contributed by atoms with Crippen LogP contribution < -0.4 is 5.32 Å². The van der Waals surface area contributed by atoms with Gasteiger partial charge in [0.25, 0.3) is 0 Å². The predicted octanol–water partition coefficient (Wildman–Crippen LogP) is 0.973. The summed E-state index contributed by atoms with van der Waals surface area (Å²) in [6.45, 7) is 4.74. The van der Waals surface area contributed by atoms with Gasteiger partial charge in [-0.25, -0.2) is 4.98 Å². The first-order chi connectivity index (χ1) is 7.26. The minimum Gasteiger partial charge on any atom is -0.353 e. The summed E-state index contributed by atoms with van der Waals surface area (Å²) >= 11 is 0. The number of amides is 1. The molecule has 1 aromatic heterocycles. The molecule has 1 amide bonds. The third kappa shape index (κ3) is 4.10.